The van der Waals surface area contributed by atoms with Crippen molar-refractivity contribution in [3.63, 3.8) is 0 Å². The highest BCUT2D eigenvalue weighted by Gasteiger charge is 2.43. The zero-order valence-electron chi connectivity index (χ0n) is 10.9. The molecular formula is C15H18O4. The molecule has 1 unspecified atom stereocenters. The van der Waals surface area contributed by atoms with E-state index in [9.17, 15) is 0 Å². The van der Waals surface area contributed by atoms with Gasteiger partial charge in [0.1, 0.15) is 12.7 Å². The quantitative estimate of drug-likeness (QED) is 0.785. The van der Waals surface area contributed by atoms with Gasteiger partial charge in [0.15, 0.2) is 11.5 Å². The fraction of sp³-hybridized carbons (Fsp3) is 0.600. The summed E-state index contributed by atoms with van der Waals surface area (Å²) in [6.07, 6.45) is 5.79. The van der Waals surface area contributed by atoms with Crippen LogP contribution in [0, 0.1) is 0 Å². The zero-order chi connectivity index (χ0) is 12.7. The maximum atomic E-state index is 6.13. The third-order valence-corrected chi connectivity index (χ3v) is 3.97. The summed E-state index contributed by atoms with van der Waals surface area (Å²) in [5.41, 5.74) is 0. The SMILES string of the molecule is c1cc(OCC2CO2)c2c(c1)OC1(CCCCC1)O2. The molecule has 1 aromatic rings. The lowest BCUT2D eigenvalue weighted by Gasteiger charge is -2.31. The average Bonchev–Trinajstić information content (AvgIpc) is 3.18. The molecule has 0 amide bonds. The summed E-state index contributed by atoms with van der Waals surface area (Å²) in [7, 11) is 0. The van der Waals surface area contributed by atoms with E-state index < -0.39 is 5.79 Å². The second kappa shape index (κ2) is 4.30. The Morgan fingerprint density at radius 3 is 2.79 bits per heavy atom. The molecule has 2 heterocycles. The molecule has 1 spiro atoms. The van der Waals surface area contributed by atoms with Gasteiger partial charge in [0.05, 0.1) is 6.61 Å². The first-order valence-electron chi connectivity index (χ1n) is 7.10. The van der Waals surface area contributed by atoms with Gasteiger partial charge in [-0.2, -0.15) is 0 Å². The van der Waals surface area contributed by atoms with Crippen molar-refractivity contribution in [2.24, 2.45) is 0 Å². The molecule has 1 saturated carbocycles. The number of epoxide rings is 1. The fourth-order valence-electron chi connectivity index (χ4n) is 2.84. The van der Waals surface area contributed by atoms with E-state index in [1.807, 2.05) is 18.2 Å². The predicted molar refractivity (Wildman–Crippen MR) is 68.7 cm³/mol. The van der Waals surface area contributed by atoms with Gasteiger partial charge in [-0.05, 0) is 25.0 Å². The van der Waals surface area contributed by atoms with Gasteiger partial charge in [0.25, 0.3) is 5.79 Å². The van der Waals surface area contributed by atoms with Gasteiger partial charge in [0.2, 0.25) is 5.75 Å². The molecule has 1 saturated heterocycles. The molecule has 0 aromatic heterocycles. The topological polar surface area (TPSA) is 40.2 Å². The normalized spacial score (nSPS) is 26.4. The first-order chi connectivity index (χ1) is 9.35. The summed E-state index contributed by atoms with van der Waals surface area (Å²) >= 11 is 0. The lowest BCUT2D eigenvalue weighted by Crippen LogP contribution is -2.40. The Balaban J connectivity index is 1.55. The van der Waals surface area contributed by atoms with Gasteiger partial charge in [0, 0.05) is 12.8 Å². The minimum absolute atomic E-state index is 0.252. The van der Waals surface area contributed by atoms with E-state index in [2.05, 4.69) is 0 Å². The smallest absolute Gasteiger partial charge is 0.251 e. The number of rotatable bonds is 3. The number of hydrogen-bond donors (Lipinski definition) is 0. The van der Waals surface area contributed by atoms with E-state index in [-0.39, 0.29) is 6.10 Å². The van der Waals surface area contributed by atoms with E-state index >= 15 is 0 Å². The molecule has 0 N–H and O–H groups in total. The maximum absolute atomic E-state index is 6.13. The summed E-state index contributed by atoms with van der Waals surface area (Å²) in [6.45, 7) is 1.39. The van der Waals surface area contributed by atoms with Crippen LogP contribution in [0.2, 0.25) is 0 Å². The third kappa shape index (κ3) is 2.14. The van der Waals surface area contributed by atoms with E-state index in [1.54, 1.807) is 0 Å². The monoisotopic (exact) mass is 262 g/mol. The standard InChI is InChI=1S/C15H18O4/c1-2-7-15(8-3-1)18-13-6-4-5-12(14(13)19-15)17-10-11-9-16-11/h4-6,11H,1-3,7-10H2. The molecule has 1 aliphatic carbocycles. The van der Waals surface area contributed by atoms with E-state index in [4.69, 9.17) is 18.9 Å². The van der Waals surface area contributed by atoms with Crippen molar-refractivity contribution < 1.29 is 18.9 Å². The van der Waals surface area contributed by atoms with Gasteiger partial charge in [-0.1, -0.05) is 12.5 Å². The Morgan fingerprint density at radius 2 is 2.00 bits per heavy atom. The van der Waals surface area contributed by atoms with Crippen molar-refractivity contribution in [3.8, 4) is 17.2 Å². The summed E-state index contributed by atoms with van der Waals surface area (Å²) in [5, 5.41) is 0. The highest BCUT2D eigenvalue weighted by atomic mass is 16.7. The highest BCUT2D eigenvalue weighted by Crippen LogP contribution is 2.50. The van der Waals surface area contributed by atoms with Crippen molar-refractivity contribution in [2.75, 3.05) is 13.2 Å². The first-order valence-corrected chi connectivity index (χ1v) is 7.10. The lowest BCUT2D eigenvalue weighted by atomic mass is 9.94. The third-order valence-electron chi connectivity index (χ3n) is 3.97. The molecule has 4 nitrogen and oxygen atoms in total. The van der Waals surface area contributed by atoms with Gasteiger partial charge in [-0.3, -0.25) is 0 Å². The van der Waals surface area contributed by atoms with Crippen LogP contribution in [0.15, 0.2) is 18.2 Å². The summed E-state index contributed by atoms with van der Waals surface area (Å²) in [5.74, 6) is 1.92. The van der Waals surface area contributed by atoms with Crippen molar-refractivity contribution in [1.29, 1.82) is 0 Å². The van der Waals surface area contributed by atoms with Crippen LogP contribution in [0.5, 0.6) is 17.2 Å². The molecule has 4 heteroatoms. The van der Waals surface area contributed by atoms with Gasteiger partial charge in [-0.25, -0.2) is 0 Å². The van der Waals surface area contributed by atoms with E-state index in [1.165, 1.54) is 19.3 Å². The van der Waals surface area contributed by atoms with E-state index in [0.29, 0.717) is 6.61 Å². The first kappa shape index (κ1) is 11.4. The maximum Gasteiger partial charge on any atom is 0.251 e. The van der Waals surface area contributed by atoms with Crippen LogP contribution in [0.1, 0.15) is 32.1 Å². The molecule has 1 atom stereocenters. The Kier molecular flexibility index (Phi) is 2.58. The van der Waals surface area contributed by atoms with E-state index in [0.717, 1.165) is 36.7 Å². The Labute approximate surface area is 112 Å². The summed E-state index contributed by atoms with van der Waals surface area (Å²) < 4.78 is 23.1. The second-order valence-electron chi connectivity index (χ2n) is 5.53. The van der Waals surface area contributed by atoms with Crippen LogP contribution >= 0.6 is 0 Å². The molecule has 0 bridgehead atoms. The fourth-order valence-corrected chi connectivity index (χ4v) is 2.84. The zero-order valence-corrected chi connectivity index (χ0v) is 10.9. The largest absolute Gasteiger partial charge is 0.487 e. The molecule has 102 valence electrons. The number of fused-ring (bicyclic) bond motifs is 1. The predicted octanol–water partition coefficient (Wildman–Crippen LogP) is 2.90. The molecule has 3 aliphatic rings. The molecule has 0 radical (unpaired) electrons. The van der Waals surface area contributed by atoms with Gasteiger partial charge < -0.3 is 18.9 Å². The highest BCUT2D eigenvalue weighted by molar-refractivity contribution is 5.53. The van der Waals surface area contributed by atoms with Crippen LogP contribution in [-0.4, -0.2) is 25.1 Å². The molecule has 19 heavy (non-hydrogen) atoms. The number of hydrogen-bond acceptors (Lipinski definition) is 4. The molecular weight excluding hydrogens is 244 g/mol. The Morgan fingerprint density at radius 1 is 1.16 bits per heavy atom. The molecule has 1 aromatic carbocycles. The Bertz CT molecular complexity index is 475. The number of benzene rings is 1. The average molecular weight is 262 g/mol. The van der Waals surface area contributed by atoms with Crippen molar-refractivity contribution in [1.82, 2.24) is 0 Å². The summed E-state index contributed by atoms with van der Waals surface area (Å²) in [6, 6.07) is 5.85. The number of para-hydroxylation sites is 1. The molecule has 2 fully saturated rings. The van der Waals surface area contributed by atoms with Gasteiger partial charge in [-0.15, -0.1) is 0 Å². The van der Waals surface area contributed by atoms with Crippen molar-refractivity contribution in [3.05, 3.63) is 18.2 Å². The molecule has 4 rings (SSSR count). The minimum Gasteiger partial charge on any atom is -0.487 e. The second-order valence-corrected chi connectivity index (χ2v) is 5.53. The number of ether oxygens (including phenoxy) is 4. The van der Waals surface area contributed by atoms with Crippen molar-refractivity contribution in [2.45, 2.75) is 44.0 Å². The van der Waals surface area contributed by atoms with Crippen LogP contribution in [-0.2, 0) is 4.74 Å². The van der Waals surface area contributed by atoms with Crippen LogP contribution in [0.4, 0.5) is 0 Å². The van der Waals surface area contributed by atoms with Gasteiger partial charge >= 0.3 is 0 Å². The Hall–Kier alpha value is -1.42. The minimum atomic E-state index is -0.434. The summed E-state index contributed by atoms with van der Waals surface area (Å²) in [4.78, 5) is 0. The van der Waals surface area contributed by atoms with Crippen molar-refractivity contribution >= 4 is 0 Å². The van der Waals surface area contributed by atoms with Crippen LogP contribution in [0.25, 0.3) is 0 Å². The van der Waals surface area contributed by atoms with Crippen LogP contribution in [0.3, 0.4) is 0 Å². The molecule has 2 aliphatic heterocycles. The lowest BCUT2D eigenvalue weighted by molar-refractivity contribution is -0.106. The van der Waals surface area contributed by atoms with Crippen LogP contribution < -0.4 is 14.2 Å².